The summed E-state index contributed by atoms with van der Waals surface area (Å²) in [5, 5.41) is 13.6. The molecule has 0 spiro atoms. The van der Waals surface area contributed by atoms with Crippen molar-refractivity contribution < 1.29 is 14.9 Å². The summed E-state index contributed by atoms with van der Waals surface area (Å²) in [6.45, 7) is 1.80. The second-order valence-electron chi connectivity index (χ2n) is 2.55. The second-order valence-corrected chi connectivity index (χ2v) is 2.55. The molecule has 0 saturated carbocycles. The zero-order valence-electron chi connectivity index (χ0n) is 6.17. The molecule has 0 aromatic heterocycles. The van der Waals surface area contributed by atoms with E-state index in [0.717, 1.165) is 25.9 Å². The fourth-order valence-corrected chi connectivity index (χ4v) is 1.16. The molecule has 0 radical (unpaired) electrons. The van der Waals surface area contributed by atoms with Crippen LogP contribution in [0.4, 0.5) is 4.79 Å². The molecule has 1 saturated heterocycles. The van der Waals surface area contributed by atoms with Gasteiger partial charge in [-0.1, -0.05) is 0 Å². The lowest BCUT2D eigenvalue weighted by molar-refractivity contribution is -0.178. The first-order valence-corrected chi connectivity index (χ1v) is 3.65. The molecule has 1 aliphatic heterocycles. The monoisotopic (exact) mass is 160 g/mol. The summed E-state index contributed by atoms with van der Waals surface area (Å²) in [6, 6.07) is 0.135. The Morgan fingerprint density at radius 1 is 1.55 bits per heavy atom. The van der Waals surface area contributed by atoms with Gasteiger partial charge < -0.3 is 10.6 Å². The lowest BCUT2D eigenvalue weighted by Crippen LogP contribution is -2.42. The topological polar surface area (TPSA) is 70.6 Å². The summed E-state index contributed by atoms with van der Waals surface area (Å²) < 4.78 is 0. The predicted octanol–water partition coefficient (Wildman–Crippen LogP) is -0.0624. The first-order valence-electron chi connectivity index (χ1n) is 3.65. The molecule has 0 aliphatic carbocycles. The minimum atomic E-state index is -0.767. The molecule has 64 valence electrons. The van der Waals surface area contributed by atoms with Gasteiger partial charge in [0, 0.05) is 6.04 Å². The van der Waals surface area contributed by atoms with E-state index in [2.05, 4.69) is 15.5 Å². The summed E-state index contributed by atoms with van der Waals surface area (Å²) >= 11 is 0. The minimum absolute atomic E-state index is 0.135. The molecule has 0 bridgehead atoms. The SMILES string of the molecule is O=C(NC1CCNCC1)OO. The highest BCUT2D eigenvalue weighted by atomic mass is 17.1. The van der Waals surface area contributed by atoms with Crippen LogP contribution in [0.3, 0.4) is 0 Å². The summed E-state index contributed by atoms with van der Waals surface area (Å²) in [4.78, 5) is 14.0. The molecular weight excluding hydrogens is 148 g/mol. The third kappa shape index (κ3) is 2.73. The van der Waals surface area contributed by atoms with Crippen LogP contribution in [0.15, 0.2) is 0 Å². The highest BCUT2D eigenvalue weighted by Gasteiger charge is 2.15. The van der Waals surface area contributed by atoms with Gasteiger partial charge in [0.25, 0.3) is 0 Å². The van der Waals surface area contributed by atoms with Crippen LogP contribution >= 0.6 is 0 Å². The predicted molar refractivity (Wildman–Crippen MR) is 38.1 cm³/mol. The summed E-state index contributed by atoms with van der Waals surface area (Å²) in [6.07, 6.45) is 1.00. The average molecular weight is 160 g/mol. The van der Waals surface area contributed by atoms with E-state index in [-0.39, 0.29) is 6.04 Å². The van der Waals surface area contributed by atoms with Crippen LogP contribution in [0, 0.1) is 0 Å². The van der Waals surface area contributed by atoms with Gasteiger partial charge in [-0.2, -0.15) is 5.26 Å². The van der Waals surface area contributed by atoms with E-state index in [9.17, 15) is 4.79 Å². The van der Waals surface area contributed by atoms with Gasteiger partial charge in [0.15, 0.2) is 0 Å². The zero-order chi connectivity index (χ0) is 8.10. The van der Waals surface area contributed by atoms with Crippen molar-refractivity contribution >= 4 is 6.09 Å². The molecule has 5 heteroatoms. The third-order valence-electron chi connectivity index (χ3n) is 1.74. The molecule has 0 aromatic carbocycles. The van der Waals surface area contributed by atoms with Gasteiger partial charge in [-0.15, -0.1) is 0 Å². The number of hydrogen-bond donors (Lipinski definition) is 3. The van der Waals surface area contributed by atoms with Crippen molar-refractivity contribution in [3.8, 4) is 0 Å². The molecule has 3 N–H and O–H groups in total. The van der Waals surface area contributed by atoms with Gasteiger partial charge in [-0.05, 0) is 25.9 Å². The van der Waals surface area contributed by atoms with Crippen LogP contribution in [0.5, 0.6) is 0 Å². The normalized spacial score (nSPS) is 19.4. The number of carbonyl (C=O) groups excluding carboxylic acids is 1. The van der Waals surface area contributed by atoms with Crippen molar-refractivity contribution in [3.63, 3.8) is 0 Å². The Morgan fingerprint density at radius 3 is 2.73 bits per heavy atom. The zero-order valence-corrected chi connectivity index (χ0v) is 6.17. The molecule has 11 heavy (non-hydrogen) atoms. The summed E-state index contributed by atoms with van der Waals surface area (Å²) in [5.41, 5.74) is 0. The smallest absolute Gasteiger partial charge is 0.317 e. The van der Waals surface area contributed by atoms with Crippen LogP contribution in [-0.4, -0.2) is 30.5 Å². The Hall–Kier alpha value is -0.810. The van der Waals surface area contributed by atoms with Gasteiger partial charge in [0.05, 0.1) is 0 Å². The van der Waals surface area contributed by atoms with Crippen LogP contribution < -0.4 is 10.6 Å². The number of nitrogens with one attached hydrogen (secondary N) is 2. The number of carbonyl (C=O) groups is 1. The van der Waals surface area contributed by atoms with Crippen molar-refractivity contribution in [3.05, 3.63) is 0 Å². The molecule has 1 aliphatic rings. The number of piperidine rings is 1. The van der Waals surface area contributed by atoms with Crippen molar-refractivity contribution in [2.24, 2.45) is 0 Å². The quantitative estimate of drug-likeness (QED) is 0.371. The maximum Gasteiger partial charge on any atom is 0.438 e. The minimum Gasteiger partial charge on any atom is -0.317 e. The standard InChI is InChI=1S/C6H12N2O3/c9-6(11-10)8-5-1-3-7-4-2-5/h5,7,10H,1-4H2,(H,8,9). The number of amides is 1. The van der Waals surface area contributed by atoms with E-state index < -0.39 is 6.09 Å². The molecule has 1 heterocycles. The number of hydrogen-bond acceptors (Lipinski definition) is 4. The van der Waals surface area contributed by atoms with Crippen LogP contribution in [0.2, 0.25) is 0 Å². The lowest BCUT2D eigenvalue weighted by atomic mass is 10.1. The van der Waals surface area contributed by atoms with Gasteiger partial charge in [-0.3, -0.25) is 4.89 Å². The first kappa shape index (κ1) is 8.29. The molecule has 0 atom stereocenters. The molecular formula is C6H12N2O3. The van der Waals surface area contributed by atoms with Crippen LogP contribution in [0.1, 0.15) is 12.8 Å². The van der Waals surface area contributed by atoms with Gasteiger partial charge in [0.2, 0.25) is 0 Å². The van der Waals surface area contributed by atoms with Crippen molar-refractivity contribution in [2.45, 2.75) is 18.9 Å². The second kappa shape index (κ2) is 4.15. The molecule has 1 rings (SSSR count). The first-order chi connectivity index (χ1) is 5.33. The largest absolute Gasteiger partial charge is 0.438 e. The maximum absolute atomic E-state index is 10.5. The fraction of sp³-hybridized carbons (Fsp3) is 0.833. The van der Waals surface area contributed by atoms with E-state index in [1.165, 1.54) is 0 Å². The summed E-state index contributed by atoms with van der Waals surface area (Å²) in [7, 11) is 0. The van der Waals surface area contributed by atoms with E-state index in [1.54, 1.807) is 0 Å². The Labute approximate surface area is 64.7 Å². The van der Waals surface area contributed by atoms with Gasteiger partial charge in [-0.25, -0.2) is 4.79 Å². The third-order valence-corrected chi connectivity index (χ3v) is 1.74. The van der Waals surface area contributed by atoms with Crippen molar-refractivity contribution in [2.75, 3.05) is 13.1 Å². The van der Waals surface area contributed by atoms with E-state index in [1.807, 2.05) is 0 Å². The summed E-state index contributed by atoms with van der Waals surface area (Å²) in [5.74, 6) is 0. The fourth-order valence-electron chi connectivity index (χ4n) is 1.16. The van der Waals surface area contributed by atoms with E-state index >= 15 is 0 Å². The van der Waals surface area contributed by atoms with Gasteiger partial charge >= 0.3 is 6.09 Å². The van der Waals surface area contributed by atoms with Crippen LogP contribution in [0.25, 0.3) is 0 Å². The number of rotatable bonds is 1. The Balaban J connectivity index is 2.19. The molecule has 5 nitrogen and oxygen atoms in total. The Bertz CT molecular complexity index is 134. The van der Waals surface area contributed by atoms with Gasteiger partial charge in [0.1, 0.15) is 0 Å². The van der Waals surface area contributed by atoms with Crippen molar-refractivity contribution in [1.29, 1.82) is 0 Å². The Kier molecular flexibility index (Phi) is 3.13. The van der Waals surface area contributed by atoms with Crippen molar-refractivity contribution in [1.82, 2.24) is 10.6 Å². The maximum atomic E-state index is 10.5. The highest BCUT2D eigenvalue weighted by Crippen LogP contribution is 2.01. The highest BCUT2D eigenvalue weighted by molar-refractivity contribution is 5.66. The van der Waals surface area contributed by atoms with E-state index in [0.29, 0.717) is 0 Å². The lowest BCUT2D eigenvalue weighted by Gasteiger charge is -2.22. The van der Waals surface area contributed by atoms with E-state index in [4.69, 9.17) is 5.26 Å². The molecule has 1 amide bonds. The Morgan fingerprint density at radius 2 is 2.18 bits per heavy atom. The average Bonchev–Trinajstić information content (AvgIpc) is 2.06. The molecule has 0 aromatic rings. The molecule has 0 unspecified atom stereocenters. The van der Waals surface area contributed by atoms with Crippen LogP contribution in [-0.2, 0) is 4.89 Å². The molecule has 1 fully saturated rings.